The van der Waals surface area contributed by atoms with Crippen LogP contribution in [0.5, 0.6) is 5.88 Å². The van der Waals surface area contributed by atoms with Crippen LogP contribution in [0.25, 0.3) is 5.69 Å². The number of hydrogen-bond donors (Lipinski definition) is 1. The average Bonchev–Trinajstić information content (AvgIpc) is 2.84. The van der Waals surface area contributed by atoms with Crippen LogP contribution < -0.4 is 10.5 Å². The third kappa shape index (κ3) is 3.27. The molecule has 0 atom stereocenters. The zero-order valence-electron chi connectivity index (χ0n) is 13.4. The Morgan fingerprint density at radius 3 is 2.38 bits per heavy atom. The van der Waals surface area contributed by atoms with Gasteiger partial charge < -0.3 is 10.5 Å². The van der Waals surface area contributed by atoms with Crippen LogP contribution in [-0.2, 0) is 11.8 Å². The quantitative estimate of drug-likeness (QED) is 0.919. The van der Waals surface area contributed by atoms with Crippen LogP contribution in [0.1, 0.15) is 38.4 Å². The van der Waals surface area contributed by atoms with Crippen molar-refractivity contribution in [3.05, 3.63) is 41.6 Å². The highest BCUT2D eigenvalue weighted by molar-refractivity contribution is 5.43. The van der Waals surface area contributed by atoms with Gasteiger partial charge in [-0.1, -0.05) is 39.0 Å². The lowest BCUT2D eigenvalue weighted by atomic mass is 9.88. The standard InChI is InChI=1S/C17H25N3O/c1-17(2,3)15-14(11-8-12-18)16(21-4)20(19-15)13-9-6-5-7-10-13/h5-7,9-10H,8,11-12,18H2,1-4H3. The summed E-state index contributed by atoms with van der Waals surface area (Å²) in [5, 5.41) is 4.83. The molecule has 0 spiro atoms. The van der Waals surface area contributed by atoms with E-state index in [1.807, 2.05) is 35.0 Å². The molecule has 1 aromatic heterocycles. The molecule has 0 saturated carbocycles. The second-order valence-corrected chi connectivity index (χ2v) is 6.23. The van der Waals surface area contributed by atoms with Gasteiger partial charge in [0.1, 0.15) is 0 Å². The third-order valence-electron chi connectivity index (χ3n) is 3.47. The third-order valence-corrected chi connectivity index (χ3v) is 3.47. The Hall–Kier alpha value is -1.81. The number of hydrogen-bond acceptors (Lipinski definition) is 3. The summed E-state index contributed by atoms with van der Waals surface area (Å²) < 4.78 is 7.56. The molecular formula is C17H25N3O. The fraction of sp³-hybridized carbons (Fsp3) is 0.471. The van der Waals surface area contributed by atoms with E-state index in [4.69, 9.17) is 15.6 Å². The largest absolute Gasteiger partial charge is 0.481 e. The lowest BCUT2D eigenvalue weighted by molar-refractivity contribution is 0.379. The molecule has 0 radical (unpaired) electrons. The lowest BCUT2D eigenvalue weighted by Crippen LogP contribution is -2.15. The van der Waals surface area contributed by atoms with Gasteiger partial charge in [-0.05, 0) is 31.5 Å². The second kappa shape index (κ2) is 6.31. The molecule has 0 unspecified atom stereocenters. The minimum absolute atomic E-state index is 0.0305. The van der Waals surface area contributed by atoms with Crippen molar-refractivity contribution in [2.24, 2.45) is 5.73 Å². The Balaban J connectivity index is 2.59. The summed E-state index contributed by atoms with van der Waals surface area (Å²) in [6, 6.07) is 10.1. The predicted molar refractivity (Wildman–Crippen MR) is 86.2 cm³/mol. The zero-order valence-corrected chi connectivity index (χ0v) is 13.4. The van der Waals surface area contributed by atoms with Gasteiger partial charge in [-0.2, -0.15) is 5.10 Å². The lowest BCUT2D eigenvalue weighted by Gasteiger charge is -2.17. The number of benzene rings is 1. The highest BCUT2D eigenvalue weighted by Gasteiger charge is 2.27. The molecule has 0 fully saturated rings. The first-order valence-corrected chi connectivity index (χ1v) is 7.41. The van der Waals surface area contributed by atoms with E-state index >= 15 is 0 Å². The Morgan fingerprint density at radius 1 is 1.19 bits per heavy atom. The van der Waals surface area contributed by atoms with Gasteiger partial charge in [-0.3, -0.25) is 0 Å². The molecule has 21 heavy (non-hydrogen) atoms. The van der Waals surface area contributed by atoms with Crippen LogP contribution >= 0.6 is 0 Å². The van der Waals surface area contributed by atoms with Gasteiger partial charge in [0.2, 0.25) is 5.88 Å². The SMILES string of the molecule is COc1c(CCCN)c(C(C)(C)C)nn1-c1ccccc1. The van der Waals surface area contributed by atoms with Crippen molar-refractivity contribution in [3.63, 3.8) is 0 Å². The van der Waals surface area contributed by atoms with Crippen LogP contribution in [0, 0.1) is 0 Å². The van der Waals surface area contributed by atoms with Crippen molar-refractivity contribution < 1.29 is 4.74 Å². The number of nitrogens with zero attached hydrogens (tertiary/aromatic N) is 2. The van der Waals surface area contributed by atoms with Crippen molar-refractivity contribution in [3.8, 4) is 11.6 Å². The van der Waals surface area contributed by atoms with Gasteiger partial charge in [0.05, 0.1) is 18.5 Å². The molecule has 2 N–H and O–H groups in total. The highest BCUT2D eigenvalue weighted by Crippen LogP contribution is 2.34. The number of para-hydroxylation sites is 1. The normalized spacial score (nSPS) is 11.7. The summed E-state index contributed by atoms with van der Waals surface area (Å²) in [5.41, 5.74) is 8.91. The van der Waals surface area contributed by atoms with Gasteiger partial charge in [0.15, 0.2) is 0 Å². The minimum Gasteiger partial charge on any atom is -0.481 e. The predicted octanol–water partition coefficient (Wildman–Crippen LogP) is 3.07. The van der Waals surface area contributed by atoms with Crippen molar-refractivity contribution in [1.29, 1.82) is 0 Å². The number of rotatable bonds is 5. The van der Waals surface area contributed by atoms with E-state index in [9.17, 15) is 0 Å². The van der Waals surface area contributed by atoms with E-state index in [1.165, 1.54) is 5.56 Å². The van der Waals surface area contributed by atoms with Gasteiger partial charge >= 0.3 is 0 Å². The minimum atomic E-state index is -0.0305. The smallest absolute Gasteiger partial charge is 0.219 e. The molecule has 4 heteroatoms. The topological polar surface area (TPSA) is 53.1 Å². The van der Waals surface area contributed by atoms with E-state index in [1.54, 1.807) is 7.11 Å². The average molecular weight is 287 g/mol. The molecule has 0 amide bonds. The van der Waals surface area contributed by atoms with E-state index in [0.29, 0.717) is 6.54 Å². The van der Waals surface area contributed by atoms with Crippen LogP contribution in [0.4, 0.5) is 0 Å². The van der Waals surface area contributed by atoms with E-state index < -0.39 is 0 Å². The molecule has 0 saturated heterocycles. The maximum Gasteiger partial charge on any atom is 0.219 e. The first-order chi connectivity index (χ1) is 9.99. The Bertz CT molecular complexity index is 582. The maximum atomic E-state index is 5.68. The summed E-state index contributed by atoms with van der Waals surface area (Å²) in [4.78, 5) is 0. The summed E-state index contributed by atoms with van der Waals surface area (Å²) in [6.45, 7) is 7.20. The molecule has 114 valence electrons. The van der Waals surface area contributed by atoms with Crippen LogP contribution in [0.2, 0.25) is 0 Å². The van der Waals surface area contributed by atoms with Crippen molar-refractivity contribution in [2.45, 2.75) is 39.0 Å². The summed E-state index contributed by atoms with van der Waals surface area (Å²) in [6.07, 6.45) is 1.82. The second-order valence-electron chi connectivity index (χ2n) is 6.23. The van der Waals surface area contributed by atoms with Gasteiger partial charge in [-0.15, -0.1) is 0 Å². The van der Waals surface area contributed by atoms with E-state index in [2.05, 4.69) is 20.8 Å². The Labute approximate surface area is 126 Å². The van der Waals surface area contributed by atoms with Crippen LogP contribution in [0.3, 0.4) is 0 Å². The molecule has 1 heterocycles. The number of methoxy groups -OCH3 is 1. The van der Waals surface area contributed by atoms with Crippen LogP contribution in [-0.4, -0.2) is 23.4 Å². The molecule has 4 nitrogen and oxygen atoms in total. The summed E-state index contributed by atoms with van der Waals surface area (Å²) in [5.74, 6) is 0.819. The van der Waals surface area contributed by atoms with E-state index in [-0.39, 0.29) is 5.41 Å². The fourth-order valence-electron chi connectivity index (χ4n) is 2.50. The first kappa shape index (κ1) is 15.6. The van der Waals surface area contributed by atoms with Crippen molar-refractivity contribution in [2.75, 3.05) is 13.7 Å². The van der Waals surface area contributed by atoms with Crippen molar-refractivity contribution in [1.82, 2.24) is 9.78 Å². The first-order valence-electron chi connectivity index (χ1n) is 7.41. The van der Waals surface area contributed by atoms with Crippen molar-refractivity contribution >= 4 is 0 Å². The van der Waals surface area contributed by atoms with Gasteiger partial charge in [0, 0.05) is 11.0 Å². The molecule has 1 aromatic carbocycles. The Morgan fingerprint density at radius 2 is 1.86 bits per heavy atom. The fourth-order valence-corrected chi connectivity index (χ4v) is 2.50. The maximum absolute atomic E-state index is 5.68. The Kier molecular flexibility index (Phi) is 4.68. The molecule has 2 aromatic rings. The highest BCUT2D eigenvalue weighted by atomic mass is 16.5. The number of nitrogens with two attached hydrogens (primary N) is 1. The monoisotopic (exact) mass is 287 g/mol. The van der Waals surface area contributed by atoms with Crippen LogP contribution in [0.15, 0.2) is 30.3 Å². The van der Waals surface area contributed by atoms with E-state index in [0.717, 1.165) is 30.1 Å². The number of ether oxygens (including phenoxy) is 1. The molecule has 2 rings (SSSR count). The molecule has 0 aliphatic rings. The molecular weight excluding hydrogens is 262 g/mol. The van der Waals surface area contributed by atoms with Gasteiger partial charge in [0.25, 0.3) is 0 Å². The zero-order chi connectivity index (χ0) is 15.5. The molecule has 0 aliphatic carbocycles. The summed E-state index contributed by atoms with van der Waals surface area (Å²) >= 11 is 0. The van der Waals surface area contributed by atoms with Gasteiger partial charge in [-0.25, -0.2) is 4.68 Å². The summed E-state index contributed by atoms with van der Waals surface area (Å²) in [7, 11) is 1.70. The molecule has 0 aliphatic heterocycles. The number of aromatic nitrogens is 2. The molecule has 0 bridgehead atoms.